The van der Waals surface area contributed by atoms with Crippen LogP contribution in [0, 0.1) is 0 Å². The van der Waals surface area contributed by atoms with Crippen LogP contribution in [0.1, 0.15) is 278 Å². The van der Waals surface area contributed by atoms with Gasteiger partial charge in [-0.25, -0.2) is 0 Å². The summed E-state index contributed by atoms with van der Waals surface area (Å²) in [5.74, 6) is -0.878. The quantitative estimate of drug-likeness (QED) is 0.0262. The molecule has 6 heteroatoms. The largest absolute Gasteiger partial charge is 0.462 e. The zero-order chi connectivity index (χ0) is 44.4. The summed E-state index contributed by atoms with van der Waals surface area (Å²) in [6, 6.07) is 0. The molecule has 0 bridgehead atoms. The highest BCUT2D eigenvalue weighted by atomic mass is 16.6. The molecule has 0 aliphatic carbocycles. The Hall–Kier alpha value is -2.37. The fraction of sp³-hybridized carbons (Fsp3) is 0.836. The van der Waals surface area contributed by atoms with Crippen molar-refractivity contribution in [2.24, 2.45) is 0 Å². The molecule has 1 atom stereocenters. The number of ether oxygens (including phenoxy) is 3. The molecular formula is C55H100O6. The van der Waals surface area contributed by atoms with E-state index in [1.165, 1.54) is 141 Å². The van der Waals surface area contributed by atoms with E-state index in [9.17, 15) is 14.4 Å². The lowest BCUT2D eigenvalue weighted by atomic mass is 10.0. The lowest BCUT2D eigenvalue weighted by molar-refractivity contribution is -0.167. The van der Waals surface area contributed by atoms with E-state index in [0.29, 0.717) is 19.3 Å². The highest BCUT2D eigenvalue weighted by molar-refractivity contribution is 5.71. The van der Waals surface area contributed by atoms with Gasteiger partial charge in [0.1, 0.15) is 13.2 Å². The van der Waals surface area contributed by atoms with Crippen molar-refractivity contribution in [3.8, 4) is 0 Å². The second kappa shape index (κ2) is 50.3. The summed E-state index contributed by atoms with van der Waals surface area (Å²) in [6.07, 6.45) is 58.4. The molecule has 0 aliphatic rings. The maximum atomic E-state index is 12.8. The van der Waals surface area contributed by atoms with Gasteiger partial charge in [-0.3, -0.25) is 14.4 Å². The van der Waals surface area contributed by atoms with E-state index < -0.39 is 6.10 Å². The van der Waals surface area contributed by atoms with Crippen LogP contribution >= 0.6 is 0 Å². The van der Waals surface area contributed by atoms with Gasteiger partial charge in [-0.1, -0.05) is 243 Å². The average Bonchev–Trinajstić information content (AvgIpc) is 3.26. The molecule has 0 aromatic rings. The van der Waals surface area contributed by atoms with Gasteiger partial charge in [0.2, 0.25) is 0 Å². The zero-order valence-corrected chi connectivity index (χ0v) is 40.7. The van der Waals surface area contributed by atoms with Crippen LogP contribution in [0.15, 0.2) is 36.5 Å². The third-order valence-electron chi connectivity index (χ3n) is 11.7. The lowest BCUT2D eigenvalue weighted by Crippen LogP contribution is -2.30. The topological polar surface area (TPSA) is 78.9 Å². The average molecular weight is 857 g/mol. The van der Waals surface area contributed by atoms with Gasteiger partial charge in [0.15, 0.2) is 6.10 Å². The molecule has 0 N–H and O–H groups in total. The fourth-order valence-electron chi connectivity index (χ4n) is 7.69. The first kappa shape index (κ1) is 58.6. The zero-order valence-electron chi connectivity index (χ0n) is 40.7. The smallest absolute Gasteiger partial charge is 0.306 e. The van der Waals surface area contributed by atoms with Crippen molar-refractivity contribution in [2.45, 2.75) is 284 Å². The number of carbonyl (C=O) groups is 3. The molecular weight excluding hydrogens is 757 g/mol. The molecule has 0 saturated carbocycles. The number of unbranched alkanes of at least 4 members (excludes halogenated alkanes) is 31. The summed E-state index contributed by atoms with van der Waals surface area (Å²) in [4.78, 5) is 38.0. The minimum absolute atomic E-state index is 0.0734. The summed E-state index contributed by atoms with van der Waals surface area (Å²) in [5.41, 5.74) is 0. The maximum absolute atomic E-state index is 12.8. The fourth-order valence-corrected chi connectivity index (χ4v) is 7.69. The molecule has 0 aliphatic heterocycles. The molecule has 0 heterocycles. The van der Waals surface area contributed by atoms with Crippen LogP contribution in [-0.2, 0) is 28.6 Å². The lowest BCUT2D eigenvalue weighted by Gasteiger charge is -2.18. The van der Waals surface area contributed by atoms with E-state index in [0.717, 1.165) is 96.3 Å². The van der Waals surface area contributed by atoms with Gasteiger partial charge < -0.3 is 14.2 Å². The number of esters is 3. The number of carbonyl (C=O) groups excluding carboxylic acids is 3. The van der Waals surface area contributed by atoms with Gasteiger partial charge in [0.05, 0.1) is 0 Å². The van der Waals surface area contributed by atoms with Crippen LogP contribution in [0.25, 0.3) is 0 Å². The van der Waals surface area contributed by atoms with Crippen LogP contribution in [0.3, 0.4) is 0 Å². The molecule has 0 unspecified atom stereocenters. The summed E-state index contributed by atoms with van der Waals surface area (Å²) in [7, 11) is 0. The molecule has 0 radical (unpaired) electrons. The molecule has 0 amide bonds. The van der Waals surface area contributed by atoms with Crippen molar-refractivity contribution < 1.29 is 28.6 Å². The third kappa shape index (κ3) is 48.5. The van der Waals surface area contributed by atoms with Gasteiger partial charge in [0.25, 0.3) is 0 Å². The van der Waals surface area contributed by atoms with Crippen LogP contribution in [0.2, 0.25) is 0 Å². The molecule has 0 saturated heterocycles. The number of hydrogen-bond acceptors (Lipinski definition) is 6. The Balaban J connectivity index is 4.34. The Morgan fingerprint density at radius 3 is 1.00 bits per heavy atom. The Morgan fingerprint density at radius 2 is 0.639 bits per heavy atom. The molecule has 0 aromatic carbocycles. The second-order valence-corrected chi connectivity index (χ2v) is 17.8. The molecule has 356 valence electrons. The third-order valence-corrected chi connectivity index (χ3v) is 11.7. The molecule has 0 fully saturated rings. The highest BCUT2D eigenvalue weighted by Crippen LogP contribution is 2.16. The van der Waals surface area contributed by atoms with Crippen molar-refractivity contribution in [2.75, 3.05) is 13.2 Å². The SMILES string of the molecule is CC/C=C\C/C=C\C/C=C\CCCCCCCC(=O)OC[C@H](COC(=O)CCCCCCCCCCCCC)OC(=O)CCCCCCCCCCCCCCCCCCC. The highest BCUT2D eigenvalue weighted by Gasteiger charge is 2.19. The number of rotatable bonds is 48. The standard InChI is InChI=1S/C55H100O6/c1-4-7-10-13-16-19-22-24-26-27-29-31-34-37-40-43-46-49-55(58)61-52(50-59-53(56)47-44-41-38-35-32-21-18-15-12-9-6-3)51-60-54(57)48-45-42-39-36-33-30-28-25-23-20-17-14-11-8-5-2/h8,11,17,20,25,28,52H,4-7,9-10,12-16,18-19,21-24,26-27,29-51H2,1-3H3/b11-8-,20-17-,28-25-/t52-/m0/s1. The van der Waals surface area contributed by atoms with E-state index in [1.54, 1.807) is 0 Å². The number of allylic oxidation sites excluding steroid dienone is 6. The monoisotopic (exact) mass is 857 g/mol. The van der Waals surface area contributed by atoms with Crippen molar-refractivity contribution in [3.05, 3.63) is 36.5 Å². The first-order chi connectivity index (χ1) is 30.0. The van der Waals surface area contributed by atoms with Gasteiger partial charge in [0, 0.05) is 19.3 Å². The number of hydrogen-bond donors (Lipinski definition) is 0. The Bertz CT molecular complexity index is 1030. The Labute approximate surface area is 378 Å². The summed E-state index contributed by atoms with van der Waals surface area (Å²) in [6.45, 7) is 6.53. The van der Waals surface area contributed by atoms with E-state index in [2.05, 4.69) is 57.2 Å². The second-order valence-electron chi connectivity index (χ2n) is 17.8. The summed E-state index contributed by atoms with van der Waals surface area (Å²) >= 11 is 0. The predicted octanol–water partition coefficient (Wildman–Crippen LogP) is 17.3. The van der Waals surface area contributed by atoms with Crippen LogP contribution in [-0.4, -0.2) is 37.2 Å². The van der Waals surface area contributed by atoms with Crippen LogP contribution in [0.5, 0.6) is 0 Å². The minimum atomic E-state index is -0.773. The maximum Gasteiger partial charge on any atom is 0.306 e. The van der Waals surface area contributed by atoms with Crippen LogP contribution < -0.4 is 0 Å². The molecule has 0 spiro atoms. The minimum Gasteiger partial charge on any atom is -0.462 e. The van der Waals surface area contributed by atoms with Crippen LogP contribution in [0.4, 0.5) is 0 Å². The first-order valence-electron chi connectivity index (χ1n) is 26.5. The van der Waals surface area contributed by atoms with Crippen molar-refractivity contribution in [1.29, 1.82) is 0 Å². The van der Waals surface area contributed by atoms with E-state index in [4.69, 9.17) is 14.2 Å². The van der Waals surface area contributed by atoms with E-state index >= 15 is 0 Å². The summed E-state index contributed by atoms with van der Waals surface area (Å²) < 4.78 is 16.8. The van der Waals surface area contributed by atoms with Gasteiger partial charge in [-0.05, 0) is 51.4 Å². The first-order valence-corrected chi connectivity index (χ1v) is 26.5. The van der Waals surface area contributed by atoms with Crippen molar-refractivity contribution in [3.63, 3.8) is 0 Å². The van der Waals surface area contributed by atoms with Crippen molar-refractivity contribution in [1.82, 2.24) is 0 Å². The molecule has 61 heavy (non-hydrogen) atoms. The normalized spacial score (nSPS) is 12.2. The summed E-state index contributed by atoms with van der Waals surface area (Å²) in [5, 5.41) is 0. The van der Waals surface area contributed by atoms with Gasteiger partial charge in [-0.2, -0.15) is 0 Å². The van der Waals surface area contributed by atoms with Gasteiger partial charge in [-0.15, -0.1) is 0 Å². The molecule has 6 nitrogen and oxygen atoms in total. The predicted molar refractivity (Wildman–Crippen MR) is 261 cm³/mol. The Morgan fingerprint density at radius 1 is 0.344 bits per heavy atom. The Kier molecular flexibility index (Phi) is 48.3. The molecule has 0 rings (SSSR count). The van der Waals surface area contributed by atoms with Gasteiger partial charge >= 0.3 is 17.9 Å². The van der Waals surface area contributed by atoms with Crippen molar-refractivity contribution >= 4 is 17.9 Å². The molecule has 0 aromatic heterocycles. The van der Waals surface area contributed by atoms with E-state index in [-0.39, 0.29) is 31.1 Å². The van der Waals surface area contributed by atoms with E-state index in [1.807, 2.05) is 0 Å².